The Labute approximate surface area is 237 Å². The van der Waals surface area contributed by atoms with E-state index in [2.05, 4.69) is 15.3 Å². The van der Waals surface area contributed by atoms with Crippen molar-refractivity contribution in [2.45, 2.75) is 13.0 Å². The van der Waals surface area contributed by atoms with E-state index in [4.69, 9.17) is 5.73 Å². The van der Waals surface area contributed by atoms with Crippen LogP contribution < -0.4 is 16.0 Å². The second-order valence-electron chi connectivity index (χ2n) is 8.99. The van der Waals surface area contributed by atoms with Gasteiger partial charge in [-0.25, -0.2) is 4.98 Å². The Hall–Kier alpha value is -5.43. The smallest absolute Gasteiger partial charge is 0.363 e. The number of nitrogens with two attached hydrogens (primary N) is 1. The number of anilines is 2. The van der Waals surface area contributed by atoms with Crippen LogP contribution in [0.25, 0.3) is 21.5 Å². The van der Waals surface area contributed by atoms with Gasteiger partial charge in [-0.1, -0.05) is 18.2 Å². The van der Waals surface area contributed by atoms with Gasteiger partial charge in [-0.05, 0) is 58.4 Å². The number of amides is 3. The zero-order valence-electron chi connectivity index (χ0n) is 21.7. The quantitative estimate of drug-likeness (QED) is 0.195. The number of pyridine rings is 1. The number of aryl methyl sites for hydroxylation is 1. The number of nitrogens with zero attached hydrogens (tertiary/aromatic N) is 5. The molecule has 41 heavy (non-hydrogen) atoms. The predicted octanol–water partition coefficient (Wildman–Crippen LogP) is 4.47. The van der Waals surface area contributed by atoms with Gasteiger partial charge in [-0.15, -0.1) is 11.3 Å². The van der Waals surface area contributed by atoms with Crippen LogP contribution in [0.5, 0.6) is 0 Å². The second kappa shape index (κ2) is 11.4. The molecule has 3 aromatic heterocycles. The number of rotatable bonds is 9. The highest BCUT2D eigenvalue weighted by Gasteiger charge is 2.20. The van der Waals surface area contributed by atoms with Gasteiger partial charge in [0.2, 0.25) is 11.9 Å². The van der Waals surface area contributed by atoms with Crippen LogP contribution in [0.1, 0.15) is 26.5 Å². The van der Waals surface area contributed by atoms with Crippen LogP contribution in [0.3, 0.4) is 0 Å². The molecule has 0 radical (unpaired) electrons. The Balaban J connectivity index is 1.42. The summed E-state index contributed by atoms with van der Waals surface area (Å²) < 4.78 is 1.69. The summed E-state index contributed by atoms with van der Waals surface area (Å²) in [5, 5.41) is 13.7. The summed E-state index contributed by atoms with van der Waals surface area (Å²) in [7, 11) is 1.66. The summed E-state index contributed by atoms with van der Waals surface area (Å²) >= 11 is 1.19. The highest BCUT2D eigenvalue weighted by atomic mass is 32.1. The normalized spacial score (nSPS) is 10.9. The van der Waals surface area contributed by atoms with E-state index in [9.17, 15) is 24.5 Å². The van der Waals surface area contributed by atoms with Crippen molar-refractivity contribution in [3.63, 3.8) is 0 Å². The van der Waals surface area contributed by atoms with Gasteiger partial charge in [0.25, 0.3) is 11.8 Å². The molecule has 0 aliphatic heterocycles. The molecule has 0 atom stereocenters. The summed E-state index contributed by atoms with van der Waals surface area (Å²) in [5.41, 5.74) is 8.32. The molecular weight excluding hydrogens is 546 g/mol. The molecule has 0 bridgehead atoms. The maximum Gasteiger partial charge on any atom is 0.363 e. The fourth-order valence-corrected chi connectivity index (χ4v) is 5.07. The molecule has 13 heteroatoms. The van der Waals surface area contributed by atoms with Crippen molar-refractivity contribution in [1.29, 1.82) is 0 Å². The van der Waals surface area contributed by atoms with Crippen molar-refractivity contribution < 1.29 is 19.3 Å². The molecular formula is C28H23N7O5S. The van der Waals surface area contributed by atoms with Gasteiger partial charge in [0.1, 0.15) is 6.20 Å². The number of imidazole rings is 1. The van der Waals surface area contributed by atoms with Crippen LogP contribution >= 0.6 is 11.3 Å². The first-order chi connectivity index (χ1) is 19.7. The van der Waals surface area contributed by atoms with E-state index in [0.29, 0.717) is 37.6 Å². The zero-order valence-corrected chi connectivity index (χ0v) is 22.5. The third-order valence-electron chi connectivity index (χ3n) is 6.30. The highest BCUT2D eigenvalue weighted by molar-refractivity contribution is 7.17. The van der Waals surface area contributed by atoms with E-state index in [1.54, 1.807) is 72.3 Å². The first-order valence-electron chi connectivity index (χ1n) is 12.3. The molecule has 0 aliphatic carbocycles. The minimum atomic E-state index is -0.580. The van der Waals surface area contributed by atoms with Gasteiger partial charge >= 0.3 is 5.82 Å². The maximum atomic E-state index is 13.2. The van der Waals surface area contributed by atoms with Gasteiger partial charge in [0.15, 0.2) is 0 Å². The summed E-state index contributed by atoms with van der Waals surface area (Å²) in [4.78, 5) is 59.0. The number of benzene rings is 2. The van der Waals surface area contributed by atoms with E-state index in [1.807, 2.05) is 6.07 Å². The standard InChI is InChI=1S/C28H23N7O5S/c1-33(27(38)17-5-3-2-4-6-17)19-8-9-21-20(15-19)31-28(34(21)14-13-24(29)36)32-26(37)23-11-10-22(41-23)18-7-12-25(30-16-18)35(39)40/h2-12,15-16H,13-14H2,1H3,(H2,29,36)(H,31,32,37). The van der Waals surface area contributed by atoms with Crippen molar-refractivity contribution in [3.8, 4) is 10.4 Å². The number of hydrogen-bond donors (Lipinski definition) is 2. The Morgan fingerprint density at radius 2 is 1.85 bits per heavy atom. The van der Waals surface area contributed by atoms with Crippen LogP contribution in [0.15, 0.2) is 79.0 Å². The van der Waals surface area contributed by atoms with Crippen molar-refractivity contribution in [3.05, 3.63) is 99.5 Å². The fraction of sp³-hybridized carbons (Fsp3) is 0.107. The minimum absolute atomic E-state index is 0.0266. The van der Waals surface area contributed by atoms with E-state index < -0.39 is 16.7 Å². The topological polar surface area (TPSA) is 166 Å². The van der Waals surface area contributed by atoms with Gasteiger partial charge in [-0.3, -0.25) is 19.7 Å². The fourth-order valence-electron chi connectivity index (χ4n) is 4.18. The lowest BCUT2D eigenvalue weighted by atomic mass is 10.2. The first kappa shape index (κ1) is 27.1. The molecule has 5 rings (SSSR count). The number of carbonyl (C=O) groups excluding carboxylic acids is 3. The number of aromatic nitrogens is 3. The van der Waals surface area contributed by atoms with Crippen LogP contribution in [-0.4, -0.2) is 44.2 Å². The van der Waals surface area contributed by atoms with Crippen LogP contribution in [0.2, 0.25) is 0 Å². The lowest BCUT2D eigenvalue weighted by molar-refractivity contribution is -0.389. The van der Waals surface area contributed by atoms with Gasteiger partial charge < -0.3 is 25.3 Å². The molecule has 5 aromatic rings. The van der Waals surface area contributed by atoms with Gasteiger partial charge in [-0.2, -0.15) is 0 Å². The number of thiophene rings is 1. The predicted molar refractivity (Wildman–Crippen MR) is 155 cm³/mol. The molecule has 0 unspecified atom stereocenters. The summed E-state index contributed by atoms with van der Waals surface area (Å²) in [6.07, 6.45) is 1.41. The molecule has 3 N–H and O–H groups in total. The zero-order chi connectivity index (χ0) is 29.1. The minimum Gasteiger partial charge on any atom is -0.370 e. The molecule has 206 valence electrons. The maximum absolute atomic E-state index is 13.2. The Morgan fingerprint density at radius 1 is 1.07 bits per heavy atom. The third-order valence-corrected chi connectivity index (χ3v) is 7.43. The van der Waals surface area contributed by atoms with E-state index in [0.717, 1.165) is 0 Å². The third kappa shape index (κ3) is 5.79. The Kier molecular flexibility index (Phi) is 7.52. The van der Waals surface area contributed by atoms with Crippen molar-refractivity contribution >= 4 is 57.5 Å². The number of primary amides is 1. The number of nitrogens with one attached hydrogen (secondary N) is 1. The molecule has 0 fully saturated rings. The van der Waals surface area contributed by atoms with Crippen molar-refractivity contribution in [2.24, 2.45) is 5.73 Å². The van der Waals surface area contributed by atoms with Crippen molar-refractivity contribution in [1.82, 2.24) is 14.5 Å². The molecule has 2 aromatic carbocycles. The highest BCUT2D eigenvalue weighted by Crippen LogP contribution is 2.30. The summed E-state index contributed by atoms with van der Waals surface area (Å²) in [6.45, 7) is 0.184. The van der Waals surface area contributed by atoms with Gasteiger partial charge in [0, 0.05) is 47.8 Å². The second-order valence-corrected chi connectivity index (χ2v) is 10.1. The lowest BCUT2D eigenvalue weighted by Crippen LogP contribution is -2.26. The van der Waals surface area contributed by atoms with E-state index in [-0.39, 0.29) is 30.6 Å². The van der Waals surface area contributed by atoms with E-state index >= 15 is 0 Å². The Morgan fingerprint density at radius 3 is 2.54 bits per heavy atom. The molecule has 3 amide bonds. The number of fused-ring (bicyclic) bond motifs is 1. The molecule has 12 nitrogen and oxygen atoms in total. The summed E-state index contributed by atoms with van der Waals surface area (Å²) in [6, 6.07) is 20.4. The summed E-state index contributed by atoms with van der Waals surface area (Å²) in [5.74, 6) is -1.18. The molecule has 3 heterocycles. The monoisotopic (exact) mass is 569 g/mol. The van der Waals surface area contributed by atoms with Crippen LogP contribution in [-0.2, 0) is 11.3 Å². The molecule has 0 spiro atoms. The molecule has 0 aliphatic rings. The van der Waals surface area contributed by atoms with Crippen molar-refractivity contribution in [2.75, 3.05) is 17.3 Å². The van der Waals surface area contributed by atoms with Crippen LogP contribution in [0, 0.1) is 10.1 Å². The first-order valence-corrected chi connectivity index (χ1v) is 13.2. The SMILES string of the molecule is CN(C(=O)c1ccccc1)c1ccc2c(c1)nc(NC(=O)c1ccc(-c3ccc([N+](=O)[O-])nc3)s1)n2CCC(N)=O. The molecule has 0 saturated carbocycles. The average Bonchev–Trinajstić information content (AvgIpc) is 3.60. The number of carbonyl (C=O) groups is 3. The largest absolute Gasteiger partial charge is 0.370 e. The lowest BCUT2D eigenvalue weighted by Gasteiger charge is -2.17. The Bertz CT molecular complexity index is 1780. The van der Waals surface area contributed by atoms with Crippen LogP contribution in [0.4, 0.5) is 17.5 Å². The van der Waals surface area contributed by atoms with E-state index in [1.165, 1.54) is 28.5 Å². The number of hydrogen-bond acceptors (Lipinski definition) is 8. The molecule has 0 saturated heterocycles. The van der Waals surface area contributed by atoms with Gasteiger partial charge in [0.05, 0.1) is 15.9 Å². The number of nitro groups is 1. The average molecular weight is 570 g/mol.